The minimum atomic E-state index is -0.834. The first-order valence-corrected chi connectivity index (χ1v) is 9.36. The number of esters is 1. The van der Waals surface area contributed by atoms with Gasteiger partial charge < -0.3 is 9.15 Å². The standard InChI is InChI=1S/C20H19NO4S/c1-3-14-8-10-15(11-9-14)19(23)13(2)24-18(22)12-26-20-21-16-6-4-5-7-17(16)25-20/h4-11,13H,3,12H2,1-2H3. The summed E-state index contributed by atoms with van der Waals surface area (Å²) in [6.45, 7) is 3.63. The van der Waals surface area contributed by atoms with Gasteiger partial charge in [0.1, 0.15) is 11.3 Å². The number of aryl methyl sites for hydroxylation is 1. The van der Waals surface area contributed by atoms with Crippen molar-refractivity contribution in [1.29, 1.82) is 0 Å². The molecule has 0 radical (unpaired) electrons. The van der Waals surface area contributed by atoms with Crippen LogP contribution in [0.5, 0.6) is 0 Å². The summed E-state index contributed by atoms with van der Waals surface area (Å²) in [4.78, 5) is 28.7. The number of Topliss-reactive ketones (excluding diaryl/α,β-unsaturated/α-hetero) is 1. The average molecular weight is 369 g/mol. The number of benzene rings is 2. The molecule has 3 aromatic rings. The first-order valence-electron chi connectivity index (χ1n) is 8.38. The molecular formula is C20H19NO4S. The fourth-order valence-corrected chi connectivity index (χ4v) is 3.08. The number of para-hydroxylation sites is 2. The first kappa shape index (κ1) is 18.2. The maximum atomic E-state index is 12.4. The van der Waals surface area contributed by atoms with Gasteiger partial charge >= 0.3 is 5.97 Å². The normalized spacial score (nSPS) is 12.1. The summed E-state index contributed by atoms with van der Waals surface area (Å²) in [6, 6.07) is 14.7. The summed E-state index contributed by atoms with van der Waals surface area (Å²) in [7, 11) is 0. The third kappa shape index (κ3) is 4.32. The molecule has 0 aliphatic rings. The van der Waals surface area contributed by atoms with Crippen LogP contribution in [0.2, 0.25) is 0 Å². The molecule has 3 rings (SSSR count). The number of ether oxygens (including phenoxy) is 1. The molecule has 0 aliphatic carbocycles. The topological polar surface area (TPSA) is 69.4 Å². The Balaban J connectivity index is 1.53. The molecule has 0 fully saturated rings. The Morgan fingerprint density at radius 1 is 1.15 bits per heavy atom. The Bertz CT molecular complexity index is 884. The number of hydrogen-bond acceptors (Lipinski definition) is 6. The second-order valence-electron chi connectivity index (χ2n) is 5.78. The summed E-state index contributed by atoms with van der Waals surface area (Å²) in [5.74, 6) is -0.671. The Morgan fingerprint density at radius 2 is 1.88 bits per heavy atom. The van der Waals surface area contributed by atoms with Gasteiger partial charge in [-0.05, 0) is 31.0 Å². The van der Waals surface area contributed by atoms with Crippen LogP contribution in [0.4, 0.5) is 0 Å². The zero-order chi connectivity index (χ0) is 18.5. The van der Waals surface area contributed by atoms with Crippen molar-refractivity contribution >= 4 is 34.6 Å². The van der Waals surface area contributed by atoms with Crippen molar-refractivity contribution in [2.75, 3.05) is 5.75 Å². The molecule has 1 heterocycles. The number of thioether (sulfide) groups is 1. The maximum absolute atomic E-state index is 12.4. The summed E-state index contributed by atoms with van der Waals surface area (Å²) >= 11 is 1.15. The molecule has 0 N–H and O–H groups in total. The molecule has 1 aromatic heterocycles. The van der Waals surface area contributed by atoms with Crippen LogP contribution < -0.4 is 0 Å². The van der Waals surface area contributed by atoms with Gasteiger partial charge in [-0.25, -0.2) is 4.98 Å². The van der Waals surface area contributed by atoms with Gasteiger partial charge in [0.15, 0.2) is 11.7 Å². The van der Waals surface area contributed by atoms with E-state index < -0.39 is 12.1 Å². The van der Waals surface area contributed by atoms with Crippen LogP contribution in [-0.4, -0.2) is 28.6 Å². The van der Waals surface area contributed by atoms with E-state index in [4.69, 9.17) is 9.15 Å². The Kier molecular flexibility index (Phi) is 5.73. The van der Waals surface area contributed by atoms with Crippen LogP contribution in [0.3, 0.4) is 0 Å². The second-order valence-corrected chi connectivity index (χ2v) is 6.71. The Morgan fingerprint density at radius 3 is 2.58 bits per heavy atom. The summed E-state index contributed by atoms with van der Waals surface area (Å²) < 4.78 is 10.8. The molecule has 0 amide bonds. The van der Waals surface area contributed by atoms with Crippen molar-refractivity contribution in [2.24, 2.45) is 0 Å². The minimum Gasteiger partial charge on any atom is -0.454 e. The van der Waals surface area contributed by atoms with Crippen LogP contribution >= 0.6 is 11.8 Å². The van der Waals surface area contributed by atoms with Crippen molar-refractivity contribution in [3.8, 4) is 0 Å². The van der Waals surface area contributed by atoms with E-state index in [9.17, 15) is 9.59 Å². The highest BCUT2D eigenvalue weighted by molar-refractivity contribution is 7.99. The number of nitrogens with zero attached hydrogens (tertiary/aromatic N) is 1. The van der Waals surface area contributed by atoms with E-state index in [-0.39, 0.29) is 11.5 Å². The van der Waals surface area contributed by atoms with Gasteiger partial charge in [0.25, 0.3) is 5.22 Å². The van der Waals surface area contributed by atoms with Crippen molar-refractivity contribution in [2.45, 2.75) is 31.6 Å². The van der Waals surface area contributed by atoms with Crippen molar-refractivity contribution in [1.82, 2.24) is 4.98 Å². The smallest absolute Gasteiger partial charge is 0.317 e. The van der Waals surface area contributed by atoms with Gasteiger partial charge in [0.05, 0.1) is 0 Å². The van der Waals surface area contributed by atoms with Gasteiger partial charge in [-0.1, -0.05) is 55.1 Å². The molecular weight excluding hydrogens is 350 g/mol. The molecule has 5 nitrogen and oxygen atoms in total. The number of carbonyl (C=O) groups is 2. The van der Waals surface area contributed by atoms with E-state index in [0.29, 0.717) is 16.4 Å². The fourth-order valence-electron chi connectivity index (χ4n) is 2.46. The Hall–Kier alpha value is -2.60. The number of carbonyl (C=O) groups excluding carboxylic acids is 2. The monoisotopic (exact) mass is 369 g/mol. The van der Waals surface area contributed by atoms with Crippen LogP contribution in [0.25, 0.3) is 11.1 Å². The molecule has 1 unspecified atom stereocenters. The fraction of sp³-hybridized carbons (Fsp3) is 0.250. The molecule has 0 spiro atoms. The first-order chi connectivity index (χ1) is 12.6. The third-order valence-corrected chi connectivity index (χ3v) is 4.71. The molecule has 0 saturated heterocycles. The second kappa shape index (κ2) is 8.19. The van der Waals surface area contributed by atoms with E-state index in [1.807, 2.05) is 36.4 Å². The lowest BCUT2D eigenvalue weighted by atomic mass is 10.0. The van der Waals surface area contributed by atoms with E-state index in [2.05, 4.69) is 11.9 Å². The van der Waals surface area contributed by atoms with Gasteiger partial charge in [0, 0.05) is 5.56 Å². The lowest BCUT2D eigenvalue weighted by Gasteiger charge is -2.12. The number of oxazole rings is 1. The van der Waals surface area contributed by atoms with Crippen LogP contribution in [0, 0.1) is 0 Å². The van der Waals surface area contributed by atoms with Crippen LogP contribution in [0.1, 0.15) is 29.8 Å². The predicted octanol–water partition coefficient (Wildman–Crippen LogP) is 4.30. The van der Waals surface area contributed by atoms with Crippen molar-refractivity contribution < 1.29 is 18.7 Å². The molecule has 134 valence electrons. The lowest BCUT2D eigenvalue weighted by molar-refractivity contribution is -0.143. The van der Waals surface area contributed by atoms with Gasteiger partial charge in [-0.2, -0.15) is 0 Å². The van der Waals surface area contributed by atoms with Gasteiger partial charge in [-0.3, -0.25) is 9.59 Å². The van der Waals surface area contributed by atoms with Crippen molar-refractivity contribution in [3.63, 3.8) is 0 Å². The zero-order valence-corrected chi connectivity index (χ0v) is 15.4. The third-order valence-electron chi connectivity index (χ3n) is 3.91. The van der Waals surface area contributed by atoms with Crippen LogP contribution in [0.15, 0.2) is 58.2 Å². The highest BCUT2D eigenvalue weighted by Crippen LogP contribution is 2.23. The Labute approximate surface area is 155 Å². The molecule has 26 heavy (non-hydrogen) atoms. The van der Waals surface area contributed by atoms with E-state index in [0.717, 1.165) is 29.3 Å². The number of fused-ring (bicyclic) bond motifs is 1. The predicted molar refractivity (Wildman–Crippen MR) is 100 cm³/mol. The largest absolute Gasteiger partial charge is 0.454 e. The molecule has 2 aromatic carbocycles. The van der Waals surface area contributed by atoms with E-state index >= 15 is 0 Å². The minimum absolute atomic E-state index is 0.0270. The van der Waals surface area contributed by atoms with E-state index in [1.165, 1.54) is 0 Å². The highest BCUT2D eigenvalue weighted by atomic mass is 32.2. The lowest BCUT2D eigenvalue weighted by Crippen LogP contribution is -2.25. The number of aromatic nitrogens is 1. The summed E-state index contributed by atoms with van der Waals surface area (Å²) in [5, 5.41) is 0.400. The maximum Gasteiger partial charge on any atom is 0.317 e. The zero-order valence-electron chi connectivity index (χ0n) is 14.6. The van der Waals surface area contributed by atoms with Gasteiger partial charge in [0.2, 0.25) is 5.78 Å². The summed E-state index contributed by atoms with van der Waals surface area (Å²) in [5.41, 5.74) is 3.10. The van der Waals surface area contributed by atoms with Crippen LogP contribution in [-0.2, 0) is 16.0 Å². The molecule has 0 aliphatic heterocycles. The average Bonchev–Trinajstić information content (AvgIpc) is 3.09. The quantitative estimate of drug-likeness (QED) is 0.351. The van der Waals surface area contributed by atoms with Crippen molar-refractivity contribution in [3.05, 3.63) is 59.7 Å². The van der Waals surface area contributed by atoms with E-state index in [1.54, 1.807) is 19.1 Å². The number of ketones is 1. The SMILES string of the molecule is CCc1ccc(C(=O)C(C)OC(=O)CSc2nc3ccccc3o2)cc1. The molecule has 6 heteroatoms. The number of hydrogen-bond donors (Lipinski definition) is 0. The molecule has 0 saturated carbocycles. The number of rotatable bonds is 7. The van der Waals surface area contributed by atoms with Gasteiger partial charge in [-0.15, -0.1) is 0 Å². The highest BCUT2D eigenvalue weighted by Gasteiger charge is 2.20. The molecule has 1 atom stereocenters. The molecule has 0 bridgehead atoms. The summed E-state index contributed by atoms with van der Waals surface area (Å²) in [6.07, 6.45) is 0.0747.